The molecule has 0 saturated heterocycles. The molecule has 0 aliphatic carbocycles. The minimum Gasteiger partial charge on any atom is -0.489 e. The number of para-hydroxylation sites is 1. The first-order valence-corrected chi connectivity index (χ1v) is 6.08. The number of anilines is 1. The Hall–Kier alpha value is -2.17. The number of benzene rings is 1. The summed E-state index contributed by atoms with van der Waals surface area (Å²) in [5.74, 6) is 0.641. The second-order valence-electron chi connectivity index (χ2n) is 4.15. The van der Waals surface area contributed by atoms with Crippen LogP contribution in [-0.4, -0.2) is 23.1 Å². The predicted octanol–water partition coefficient (Wildman–Crippen LogP) is 2.72. The van der Waals surface area contributed by atoms with E-state index in [-0.39, 0.29) is 11.6 Å². The van der Waals surface area contributed by atoms with Gasteiger partial charge in [0.2, 0.25) is 0 Å². The molecule has 2 rings (SSSR count). The van der Waals surface area contributed by atoms with Crippen LogP contribution in [0.15, 0.2) is 30.5 Å². The molecule has 4 nitrogen and oxygen atoms in total. The van der Waals surface area contributed by atoms with Crippen molar-refractivity contribution in [1.82, 2.24) is 9.97 Å². The molecule has 5 heteroatoms. The normalized spacial score (nSPS) is 10.3. The van der Waals surface area contributed by atoms with Crippen LogP contribution in [0.2, 0.25) is 0 Å². The van der Waals surface area contributed by atoms with Crippen LogP contribution < -0.4 is 10.1 Å². The van der Waals surface area contributed by atoms with Crippen molar-refractivity contribution in [3.05, 3.63) is 47.7 Å². The van der Waals surface area contributed by atoms with Gasteiger partial charge in [-0.3, -0.25) is 4.98 Å². The fraction of sp³-hybridized carbons (Fsp3) is 0.286. The molecule has 100 valence electrons. The highest BCUT2D eigenvalue weighted by molar-refractivity contribution is 5.39. The van der Waals surface area contributed by atoms with Gasteiger partial charge in [-0.2, -0.15) is 0 Å². The van der Waals surface area contributed by atoms with Gasteiger partial charge in [-0.25, -0.2) is 9.37 Å². The van der Waals surface area contributed by atoms with E-state index in [1.54, 1.807) is 24.4 Å². The molecule has 1 aromatic heterocycles. The van der Waals surface area contributed by atoms with E-state index in [0.29, 0.717) is 13.2 Å². The molecule has 0 saturated carbocycles. The first-order chi connectivity index (χ1) is 9.16. The highest BCUT2D eigenvalue weighted by Gasteiger charge is 2.03. The van der Waals surface area contributed by atoms with Crippen LogP contribution in [-0.2, 0) is 0 Å². The maximum atomic E-state index is 13.3. The van der Waals surface area contributed by atoms with Crippen LogP contribution in [0.4, 0.5) is 10.2 Å². The van der Waals surface area contributed by atoms with Crippen molar-refractivity contribution in [3.8, 4) is 5.75 Å². The number of ether oxygens (including phenoxy) is 1. The summed E-state index contributed by atoms with van der Waals surface area (Å²) in [6.07, 6.45) is 1.72. The fourth-order valence-electron chi connectivity index (χ4n) is 1.60. The van der Waals surface area contributed by atoms with Crippen LogP contribution in [0, 0.1) is 19.7 Å². The number of hydrogen-bond acceptors (Lipinski definition) is 4. The smallest absolute Gasteiger partial charge is 0.165 e. The van der Waals surface area contributed by atoms with E-state index < -0.39 is 0 Å². The van der Waals surface area contributed by atoms with Gasteiger partial charge in [0.05, 0.1) is 17.9 Å². The highest BCUT2D eigenvalue weighted by atomic mass is 19.1. The summed E-state index contributed by atoms with van der Waals surface area (Å²) in [5, 5.41) is 3.12. The van der Waals surface area contributed by atoms with Gasteiger partial charge in [0.25, 0.3) is 0 Å². The summed E-state index contributed by atoms with van der Waals surface area (Å²) in [7, 11) is 0. The number of rotatable bonds is 5. The Kier molecular flexibility index (Phi) is 4.28. The third kappa shape index (κ3) is 3.64. The molecular formula is C14H16FN3O. The lowest BCUT2D eigenvalue weighted by atomic mass is 10.3. The molecular weight excluding hydrogens is 245 g/mol. The predicted molar refractivity (Wildman–Crippen MR) is 71.9 cm³/mol. The Morgan fingerprint density at radius 1 is 1.26 bits per heavy atom. The lowest BCUT2D eigenvalue weighted by molar-refractivity contribution is 0.315. The number of aryl methyl sites for hydroxylation is 2. The molecule has 1 heterocycles. The monoisotopic (exact) mass is 261 g/mol. The van der Waals surface area contributed by atoms with Crippen molar-refractivity contribution >= 4 is 5.82 Å². The summed E-state index contributed by atoms with van der Waals surface area (Å²) >= 11 is 0. The van der Waals surface area contributed by atoms with E-state index in [4.69, 9.17) is 4.74 Å². The van der Waals surface area contributed by atoms with Gasteiger partial charge in [-0.1, -0.05) is 12.1 Å². The van der Waals surface area contributed by atoms with Gasteiger partial charge >= 0.3 is 0 Å². The summed E-state index contributed by atoms with van der Waals surface area (Å²) in [6.45, 7) is 4.66. The third-order valence-corrected chi connectivity index (χ3v) is 2.56. The standard InChI is InChI=1S/C14H16FN3O/c1-10-9-17-11(2)14(18-10)16-7-8-19-13-6-4-3-5-12(13)15/h3-6,9H,7-8H2,1-2H3,(H,16,18). The van der Waals surface area contributed by atoms with E-state index in [1.165, 1.54) is 6.07 Å². The van der Waals surface area contributed by atoms with Gasteiger partial charge in [0.1, 0.15) is 12.4 Å². The van der Waals surface area contributed by atoms with Crippen LogP contribution in [0.3, 0.4) is 0 Å². The van der Waals surface area contributed by atoms with Crippen molar-refractivity contribution in [3.63, 3.8) is 0 Å². The van der Waals surface area contributed by atoms with E-state index in [0.717, 1.165) is 17.2 Å². The summed E-state index contributed by atoms with van der Waals surface area (Å²) in [6, 6.07) is 6.35. The van der Waals surface area contributed by atoms with Gasteiger partial charge in [-0.15, -0.1) is 0 Å². The largest absolute Gasteiger partial charge is 0.489 e. The number of nitrogens with zero attached hydrogens (tertiary/aromatic N) is 2. The summed E-state index contributed by atoms with van der Waals surface area (Å²) < 4.78 is 18.6. The number of aromatic nitrogens is 2. The Morgan fingerprint density at radius 2 is 2.05 bits per heavy atom. The minimum atomic E-state index is -0.353. The first kappa shape index (κ1) is 13.3. The molecule has 0 bridgehead atoms. The van der Waals surface area contributed by atoms with Crippen LogP contribution in [0.25, 0.3) is 0 Å². The van der Waals surface area contributed by atoms with Gasteiger partial charge in [0, 0.05) is 6.20 Å². The number of hydrogen-bond donors (Lipinski definition) is 1. The van der Waals surface area contributed by atoms with Crippen molar-refractivity contribution < 1.29 is 9.13 Å². The molecule has 0 amide bonds. The topological polar surface area (TPSA) is 47.0 Å². The van der Waals surface area contributed by atoms with Crippen molar-refractivity contribution in [1.29, 1.82) is 0 Å². The van der Waals surface area contributed by atoms with E-state index >= 15 is 0 Å². The van der Waals surface area contributed by atoms with E-state index in [9.17, 15) is 4.39 Å². The maximum absolute atomic E-state index is 13.3. The van der Waals surface area contributed by atoms with E-state index in [1.807, 2.05) is 13.8 Å². The minimum absolute atomic E-state index is 0.261. The van der Waals surface area contributed by atoms with Crippen molar-refractivity contribution in [2.75, 3.05) is 18.5 Å². The summed E-state index contributed by atoms with van der Waals surface area (Å²) in [4.78, 5) is 8.54. The zero-order valence-corrected chi connectivity index (χ0v) is 11.0. The molecule has 2 aromatic rings. The second kappa shape index (κ2) is 6.13. The zero-order chi connectivity index (χ0) is 13.7. The second-order valence-corrected chi connectivity index (χ2v) is 4.15. The number of nitrogens with one attached hydrogen (secondary N) is 1. The molecule has 1 N–H and O–H groups in total. The first-order valence-electron chi connectivity index (χ1n) is 6.08. The maximum Gasteiger partial charge on any atom is 0.165 e. The quantitative estimate of drug-likeness (QED) is 0.841. The van der Waals surface area contributed by atoms with Crippen LogP contribution in [0.5, 0.6) is 5.75 Å². The van der Waals surface area contributed by atoms with Crippen molar-refractivity contribution in [2.45, 2.75) is 13.8 Å². The summed E-state index contributed by atoms with van der Waals surface area (Å²) in [5.41, 5.74) is 1.68. The van der Waals surface area contributed by atoms with Crippen molar-refractivity contribution in [2.24, 2.45) is 0 Å². The zero-order valence-electron chi connectivity index (χ0n) is 11.0. The average molecular weight is 261 g/mol. The Balaban J connectivity index is 1.84. The SMILES string of the molecule is Cc1cnc(C)c(NCCOc2ccccc2F)n1. The van der Waals surface area contributed by atoms with Gasteiger partial charge < -0.3 is 10.1 Å². The van der Waals surface area contributed by atoms with Gasteiger partial charge in [0.15, 0.2) is 11.6 Å². The molecule has 0 atom stereocenters. The van der Waals surface area contributed by atoms with Crippen LogP contribution >= 0.6 is 0 Å². The fourth-order valence-corrected chi connectivity index (χ4v) is 1.60. The highest BCUT2D eigenvalue weighted by Crippen LogP contribution is 2.15. The molecule has 0 aliphatic rings. The van der Waals surface area contributed by atoms with Gasteiger partial charge in [-0.05, 0) is 26.0 Å². The Morgan fingerprint density at radius 3 is 2.84 bits per heavy atom. The molecule has 0 spiro atoms. The lowest BCUT2D eigenvalue weighted by Crippen LogP contribution is -2.14. The Bertz CT molecular complexity index is 560. The number of halogens is 1. The van der Waals surface area contributed by atoms with E-state index in [2.05, 4.69) is 15.3 Å². The Labute approximate surface area is 111 Å². The molecule has 1 aromatic carbocycles. The molecule has 0 radical (unpaired) electrons. The molecule has 0 fully saturated rings. The lowest BCUT2D eigenvalue weighted by Gasteiger charge is -2.10. The van der Waals surface area contributed by atoms with Crippen LogP contribution in [0.1, 0.15) is 11.4 Å². The third-order valence-electron chi connectivity index (χ3n) is 2.56. The molecule has 19 heavy (non-hydrogen) atoms. The molecule has 0 unspecified atom stereocenters. The average Bonchev–Trinajstić information content (AvgIpc) is 2.40. The molecule has 0 aliphatic heterocycles.